The van der Waals surface area contributed by atoms with E-state index >= 15 is 0 Å². The molecule has 0 aliphatic carbocycles. The van der Waals surface area contributed by atoms with E-state index in [2.05, 4.69) is 19.1 Å². The molecule has 0 saturated carbocycles. The van der Waals surface area contributed by atoms with E-state index in [4.69, 9.17) is 0 Å². The molecule has 1 N–H and O–H groups in total. The van der Waals surface area contributed by atoms with Crippen LogP contribution in [0, 0.1) is 6.92 Å². The molecule has 72 valence electrons. The molecule has 2 atom stereocenters. The van der Waals surface area contributed by atoms with Crippen molar-refractivity contribution in [3.8, 4) is 0 Å². The van der Waals surface area contributed by atoms with Crippen LogP contribution in [0.2, 0.25) is 0 Å². The summed E-state index contributed by atoms with van der Waals surface area (Å²) in [7, 11) is 0. The summed E-state index contributed by atoms with van der Waals surface area (Å²) in [6.45, 7) is 2.09. The highest BCUT2D eigenvalue weighted by Gasteiger charge is 2.25. The van der Waals surface area contributed by atoms with Gasteiger partial charge in [0.05, 0.1) is 6.10 Å². The van der Waals surface area contributed by atoms with E-state index in [0.29, 0.717) is 5.25 Å². The topological polar surface area (TPSA) is 20.2 Å². The highest BCUT2D eigenvalue weighted by molar-refractivity contribution is 8.00. The first-order valence-corrected chi connectivity index (χ1v) is 6.50. The molecule has 1 aliphatic heterocycles. The number of hydrogen-bond donors (Lipinski definition) is 1. The molecular formula is C10H14OS2. The third kappa shape index (κ3) is 2.09. The van der Waals surface area contributed by atoms with Crippen LogP contribution < -0.4 is 0 Å². The summed E-state index contributed by atoms with van der Waals surface area (Å²) in [6.07, 6.45) is 2.20. The van der Waals surface area contributed by atoms with Crippen LogP contribution in [-0.2, 0) is 0 Å². The normalized spacial score (nSPS) is 24.9. The molecule has 1 nitrogen and oxygen atoms in total. The monoisotopic (exact) mass is 214 g/mol. The Hall–Kier alpha value is 0.01000. The molecule has 0 bridgehead atoms. The molecule has 0 amide bonds. The lowest BCUT2D eigenvalue weighted by molar-refractivity contribution is 0.177. The number of thioether (sulfide) groups is 1. The number of aryl methyl sites for hydroxylation is 1. The zero-order chi connectivity index (χ0) is 9.26. The van der Waals surface area contributed by atoms with Crippen molar-refractivity contribution >= 4 is 23.1 Å². The number of aliphatic hydroxyl groups is 1. The minimum absolute atomic E-state index is 0.230. The Balaban J connectivity index is 2.07. The summed E-state index contributed by atoms with van der Waals surface area (Å²) in [6, 6.07) is 4.15. The van der Waals surface area contributed by atoms with Crippen molar-refractivity contribution in [2.75, 3.05) is 5.75 Å². The van der Waals surface area contributed by atoms with Crippen molar-refractivity contribution in [3.63, 3.8) is 0 Å². The lowest BCUT2D eigenvalue weighted by atomic mass is 10.1. The molecule has 0 radical (unpaired) electrons. The lowest BCUT2D eigenvalue weighted by Crippen LogP contribution is -2.09. The smallest absolute Gasteiger partial charge is 0.1000 e. The van der Waals surface area contributed by atoms with Gasteiger partial charge in [0, 0.05) is 15.0 Å². The van der Waals surface area contributed by atoms with Gasteiger partial charge in [0.15, 0.2) is 0 Å². The maximum atomic E-state index is 10.0. The Morgan fingerprint density at radius 2 is 2.38 bits per heavy atom. The summed E-state index contributed by atoms with van der Waals surface area (Å²) < 4.78 is 0. The zero-order valence-electron chi connectivity index (χ0n) is 7.69. The molecule has 3 heteroatoms. The largest absolute Gasteiger partial charge is 0.386 e. The summed E-state index contributed by atoms with van der Waals surface area (Å²) in [5.74, 6) is 1.21. The predicted octanol–water partition coefficient (Wildman–Crippen LogP) is 2.99. The number of aliphatic hydroxyl groups excluding tert-OH is 1. The molecule has 0 spiro atoms. The highest BCUT2D eigenvalue weighted by Crippen LogP contribution is 2.37. The van der Waals surface area contributed by atoms with Crippen LogP contribution in [0.4, 0.5) is 0 Å². The Labute approximate surface area is 87.2 Å². The summed E-state index contributed by atoms with van der Waals surface area (Å²) in [5.41, 5.74) is 0. The van der Waals surface area contributed by atoms with Crippen molar-refractivity contribution < 1.29 is 5.11 Å². The fraction of sp³-hybridized carbons (Fsp3) is 0.600. The van der Waals surface area contributed by atoms with Crippen molar-refractivity contribution in [1.29, 1.82) is 0 Å². The minimum atomic E-state index is -0.230. The van der Waals surface area contributed by atoms with Crippen LogP contribution in [0.1, 0.15) is 28.7 Å². The number of thiophene rings is 1. The Bertz CT molecular complexity index is 276. The van der Waals surface area contributed by atoms with E-state index in [9.17, 15) is 5.11 Å². The van der Waals surface area contributed by atoms with E-state index in [0.717, 1.165) is 4.88 Å². The lowest BCUT2D eigenvalue weighted by Gasteiger charge is -2.14. The molecule has 1 aromatic rings. The van der Waals surface area contributed by atoms with Crippen LogP contribution in [0.5, 0.6) is 0 Å². The molecule has 2 unspecified atom stereocenters. The molecule has 1 saturated heterocycles. The third-order valence-corrected chi connectivity index (χ3v) is 4.89. The fourth-order valence-electron chi connectivity index (χ4n) is 1.65. The molecule has 0 aromatic carbocycles. The van der Waals surface area contributed by atoms with Gasteiger partial charge < -0.3 is 5.11 Å². The molecular weight excluding hydrogens is 200 g/mol. The Morgan fingerprint density at radius 1 is 1.54 bits per heavy atom. The van der Waals surface area contributed by atoms with Gasteiger partial charge in [-0.3, -0.25) is 0 Å². The summed E-state index contributed by atoms with van der Waals surface area (Å²) >= 11 is 3.63. The van der Waals surface area contributed by atoms with Crippen LogP contribution >= 0.6 is 23.1 Å². The Kier molecular flexibility index (Phi) is 2.96. The number of rotatable bonds is 2. The van der Waals surface area contributed by atoms with Gasteiger partial charge in [0.25, 0.3) is 0 Å². The Morgan fingerprint density at radius 3 is 2.92 bits per heavy atom. The molecule has 1 fully saturated rings. The van der Waals surface area contributed by atoms with E-state index < -0.39 is 0 Å². The average Bonchev–Trinajstić information content (AvgIpc) is 2.72. The van der Waals surface area contributed by atoms with Crippen LogP contribution in [0.15, 0.2) is 12.1 Å². The molecule has 2 heterocycles. The fourth-order valence-corrected chi connectivity index (χ4v) is 3.96. The first kappa shape index (κ1) is 9.56. The van der Waals surface area contributed by atoms with Crippen molar-refractivity contribution in [2.45, 2.75) is 31.1 Å². The summed E-state index contributed by atoms with van der Waals surface area (Å²) in [5, 5.41) is 10.5. The predicted molar refractivity (Wildman–Crippen MR) is 59.5 cm³/mol. The van der Waals surface area contributed by atoms with Crippen molar-refractivity contribution in [1.82, 2.24) is 0 Å². The van der Waals surface area contributed by atoms with Gasteiger partial charge in [0.1, 0.15) is 0 Å². The second-order valence-electron chi connectivity index (χ2n) is 3.44. The average molecular weight is 214 g/mol. The standard InChI is InChI=1S/C10H14OS2/c1-7-4-5-9(13-7)10(11)8-3-2-6-12-8/h4-5,8,10-11H,2-3,6H2,1H3. The van der Waals surface area contributed by atoms with Gasteiger partial charge in [-0.25, -0.2) is 0 Å². The van der Waals surface area contributed by atoms with Crippen LogP contribution in [-0.4, -0.2) is 16.1 Å². The molecule has 1 aromatic heterocycles. The number of hydrogen-bond acceptors (Lipinski definition) is 3. The second-order valence-corrected chi connectivity index (χ2v) is 6.11. The second kappa shape index (κ2) is 4.03. The third-order valence-electron chi connectivity index (χ3n) is 2.37. The van der Waals surface area contributed by atoms with E-state index in [-0.39, 0.29) is 6.10 Å². The highest BCUT2D eigenvalue weighted by atomic mass is 32.2. The summed E-state index contributed by atoms with van der Waals surface area (Å²) in [4.78, 5) is 2.42. The van der Waals surface area contributed by atoms with Crippen LogP contribution in [0.3, 0.4) is 0 Å². The van der Waals surface area contributed by atoms with Crippen LogP contribution in [0.25, 0.3) is 0 Å². The van der Waals surface area contributed by atoms with Gasteiger partial charge in [-0.15, -0.1) is 11.3 Å². The van der Waals surface area contributed by atoms with E-state index in [1.165, 1.54) is 23.5 Å². The van der Waals surface area contributed by atoms with E-state index in [1.807, 2.05) is 11.8 Å². The maximum absolute atomic E-state index is 10.0. The van der Waals surface area contributed by atoms with Gasteiger partial charge in [-0.1, -0.05) is 0 Å². The first-order chi connectivity index (χ1) is 6.27. The SMILES string of the molecule is Cc1ccc(C(O)C2CCCS2)s1. The zero-order valence-corrected chi connectivity index (χ0v) is 9.33. The first-order valence-electron chi connectivity index (χ1n) is 4.63. The maximum Gasteiger partial charge on any atom is 0.1000 e. The van der Waals surface area contributed by atoms with Crippen molar-refractivity contribution in [3.05, 3.63) is 21.9 Å². The van der Waals surface area contributed by atoms with Gasteiger partial charge >= 0.3 is 0 Å². The molecule has 1 aliphatic rings. The molecule has 2 rings (SSSR count). The minimum Gasteiger partial charge on any atom is -0.386 e. The van der Waals surface area contributed by atoms with Gasteiger partial charge in [-0.2, -0.15) is 11.8 Å². The van der Waals surface area contributed by atoms with E-state index in [1.54, 1.807) is 11.3 Å². The molecule has 13 heavy (non-hydrogen) atoms. The van der Waals surface area contributed by atoms with Gasteiger partial charge in [-0.05, 0) is 37.7 Å². The quantitative estimate of drug-likeness (QED) is 0.816. The van der Waals surface area contributed by atoms with Crippen molar-refractivity contribution in [2.24, 2.45) is 0 Å². The van der Waals surface area contributed by atoms with Gasteiger partial charge in [0.2, 0.25) is 0 Å².